The summed E-state index contributed by atoms with van der Waals surface area (Å²) in [6.45, 7) is -0.171. The summed E-state index contributed by atoms with van der Waals surface area (Å²) in [5.41, 5.74) is -0.387. The molecule has 0 heterocycles. The van der Waals surface area contributed by atoms with E-state index in [0.717, 1.165) is 4.90 Å². The number of nitrogens with zero attached hydrogens (tertiary/aromatic N) is 1. The summed E-state index contributed by atoms with van der Waals surface area (Å²) in [7, 11) is 0. The lowest BCUT2D eigenvalue weighted by molar-refractivity contribution is -0.149. The van der Waals surface area contributed by atoms with Crippen molar-refractivity contribution in [1.82, 2.24) is 4.90 Å². The van der Waals surface area contributed by atoms with Gasteiger partial charge in [-0.2, -0.15) is 13.2 Å². The van der Waals surface area contributed by atoms with Crippen LogP contribution >= 0.6 is 0 Å². The molecule has 1 N–H and O–H groups in total. The molecule has 1 rings (SSSR count). The predicted molar refractivity (Wildman–Crippen MR) is 69.4 cm³/mol. The van der Waals surface area contributed by atoms with E-state index in [1.165, 1.54) is 0 Å². The van der Waals surface area contributed by atoms with E-state index in [1.54, 1.807) is 37.3 Å². The summed E-state index contributed by atoms with van der Waals surface area (Å²) in [5, 5.41) is 8.88. The Hall–Kier alpha value is -1.40. The molecule has 6 heteroatoms. The molecule has 0 bridgehead atoms. The number of aliphatic hydroxyl groups excluding tert-OH is 1. The van der Waals surface area contributed by atoms with E-state index in [2.05, 4.69) is 0 Å². The van der Waals surface area contributed by atoms with Gasteiger partial charge in [-0.1, -0.05) is 30.3 Å². The second-order valence-electron chi connectivity index (χ2n) is 4.95. The van der Waals surface area contributed by atoms with Crippen molar-refractivity contribution in [2.45, 2.75) is 18.5 Å². The zero-order valence-electron chi connectivity index (χ0n) is 11.2. The number of hydrogen-bond donors (Lipinski definition) is 1. The van der Waals surface area contributed by atoms with Gasteiger partial charge >= 0.3 is 6.18 Å². The first-order valence-electron chi connectivity index (χ1n) is 6.22. The van der Waals surface area contributed by atoms with Crippen molar-refractivity contribution < 1.29 is 23.1 Å². The van der Waals surface area contributed by atoms with E-state index in [0.29, 0.717) is 11.8 Å². The first-order valence-corrected chi connectivity index (χ1v) is 6.22. The van der Waals surface area contributed by atoms with Gasteiger partial charge in [-0.25, -0.2) is 0 Å². The Kier molecular flexibility index (Phi) is 5.71. The predicted octanol–water partition coefficient (Wildman–Crippen LogP) is 2.00. The lowest BCUT2D eigenvalue weighted by atomic mass is 9.83. The second-order valence-corrected chi connectivity index (χ2v) is 4.95. The number of aliphatic hydroxyl groups is 1. The molecule has 0 aromatic heterocycles. The zero-order valence-corrected chi connectivity index (χ0v) is 11.2. The molecule has 0 saturated carbocycles. The van der Waals surface area contributed by atoms with Crippen molar-refractivity contribution in [3.8, 4) is 0 Å². The normalized spacial score (nSPS) is 15.1. The molecule has 0 radical (unpaired) electrons. The third-order valence-corrected chi connectivity index (χ3v) is 3.06. The van der Waals surface area contributed by atoms with Crippen molar-refractivity contribution in [2.24, 2.45) is 0 Å². The first kappa shape index (κ1) is 16.7. The summed E-state index contributed by atoms with van der Waals surface area (Å²) in [4.78, 5) is 12.4. The fraction of sp³-hybridized carbons (Fsp3) is 0.500. The summed E-state index contributed by atoms with van der Waals surface area (Å²) >= 11 is 0. The van der Waals surface area contributed by atoms with Crippen LogP contribution in [0.25, 0.3) is 0 Å². The summed E-state index contributed by atoms with van der Waals surface area (Å²) < 4.78 is 37.5. The van der Waals surface area contributed by atoms with Gasteiger partial charge in [0.2, 0.25) is 0 Å². The Labute approximate surface area is 116 Å². The van der Waals surface area contributed by atoms with Crippen LogP contribution in [0, 0.1) is 0 Å². The quantitative estimate of drug-likeness (QED) is 0.781. The number of alkyl halides is 3. The van der Waals surface area contributed by atoms with Gasteiger partial charge in [-0.05, 0) is 12.5 Å². The van der Waals surface area contributed by atoms with Crippen LogP contribution < -0.4 is 0 Å². The summed E-state index contributed by atoms with van der Waals surface area (Å²) in [6, 6.07) is 8.66. The van der Waals surface area contributed by atoms with Crippen molar-refractivity contribution in [2.75, 3.05) is 26.2 Å². The monoisotopic (exact) mass is 289 g/mol. The summed E-state index contributed by atoms with van der Waals surface area (Å²) in [6.07, 6.45) is -3.71. The van der Waals surface area contributed by atoms with Gasteiger partial charge in [0.15, 0.2) is 0 Å². The third kappa shape index (κ3) is 4.94. The number of halogens is 3. The first-order chi connectivity index (χ1) is 9.30. The van der Waals surface area contributed by atoms with E-state index in [1.807, 2.05) is 0 Å². The SMILES string of the molecule is CC(C=O)(CN(CCO)CC(F)(F)F)c1ccccc1. The smallest absolute Gasteiger partial charge is 0.395 e. The van der Waals surface area contributed by atoms with Crippen LogP contribution in [0.5, 0.6) is 0 Å². The number of carbonyl (C=O) groups excluding carboxylic acids is 1. The van der Waals surface area contributed by atoms with Gasteiger partial charge in [0.25, 0.3) is 0 Å². The maximum atomic E-state index is 12.5. The highest BCUT2D eigenvalue weighted by molar-refractivity contribution is 5.68. The molecule has 3 nitrogen and oxygen atoms in total. The Balaban J connectivity index is 2.91. The Morgan fingerprint density at radius 3 is 2.25 bits per heavy atom. The lowest BCUT2D eigenvalue weighted by Crippen LogP contribution is -2.45. The van der Waals surface area contributed by atoms with E-state index in [4.69, 9.17) is 5.11 Å². The standard InChI is InChI=1S/C14H18F3NO2/c1-13(11-20,12-5-3-2-4-6-12)9-18(7-8-19)10-14(15,16)17/h2-6,11,19H,7-10H2,1H3. The van der Waals surface area contributed by atoms with Crippen molar-refractivity contribution in [1.29, 1.82) is 0 Å². The van der Waals surface area contributed by atoms with Crippen molar-refractivity contribution in [3.05, 3.63) is 35.9 Å². The Morgan fingerprint density at radius 1 is 1.20 bits per heavy atom. The fourth-order valence-electron chi connectivity index (χ4n) is 2.09. The van der Waals surface area contributed by atoms with Gasteiger partial charge in [-0.15, -0.1) is 0 Å². The van der Waals surface area contributed by atoms with Crippen molar-refractivity contribution in [3.63, 3.8) is 0 Å². The number of hydrogen-bond acceptors (Lipinski definition) is 3. The molecule has 1 unspecified atom stereocenters. The highest BCUT2D eigenvalue weighted by Crippen LogP contribution is 2.25. The van der Waals surface area contributed by atoms with Crippen LogP contribution in [0.4, 0.5) is 13.2 Å². The molecule has 0 spiro atoms. The zero-order chi connectivity index (χ0) is 15.2. The van der Waals surface area contributed by atoms with Gasteiger partial charge < -0.3 is 9.90 Å². The number of benzene rings is 1. The largest absolute Gasteiger partial charge is 0.401 e. The molecule has 112 valence electrons. The molecule has 0 aliphatic rings. The van der Waals surface area contributed by atoms with Crippen molar-refractivity contribution >= 4 is 6.29 Å². The Bertz CT molecular complexity index is 422. The molecular weight excluding hydrogens is 271 g/mol. The maximum absolute atomic E-state index is 12.5. The highest BCUT2D eigenvalue weighted by Gasteiger charge is 2.35. The molecule has 0 amide bonds. The topological polar surface area (TPSA) is 40.5 Å². The fourth-order valence-corrected chi connectivity index (χ4v) is 2.09. The molecule has 0 aliphatic carbocycles. The maximum Gasteiger partial charge on any atom is 0.401 e. The van der Waals surface area contributed by atoms with Crippen LogP contribution in [0.3, 0.4) is 0 Å². The van der Waals surface area contributed by atoms with Gasteiger partial charge in [0, 0.05) is 13.1 Å². The van der Waals surface area contributed by atoms with Crippen LogP contribution in [0.2, 0.25) is 0 Å². The van der Waals surface area contributed by atoms with E-state index in [9.17, 15) is 18.0 Å². The molecule has 0 saturated heterocycles. The number of aldehydes is 1. The molecule has 0 fully saturated rings. The average molecular weight is 289 g/mol. The molecule has 20 heavy (non-hydrogen) atoms. The molecule has 0 aliphatic heterocycles. The second kappa shape index (κ2) is 6.85. The van der Waals surface area contributed by atoms with E-state index >= 15 is 0 Å². The molecule has 1 aromatic carbocycles. The van der Waals surface area contributed by atoms with Crippen LogP contribution in [0.1, 0.15) is 12.5 Å². The Morgan fingerprint density at radius 2 is 1.80 bits per heavy atom. The highest BCUT2D eigenvalue weighted by atomic mass is 19.4. The van der Waals surface area contributed by atoms with E-state index in [-0.39, 0.29) is 19.7 Å². The minimum absolute atomic E-state index is 0.0966. The van der Waals surface area contributed by atoms with Gasteiger partial charge in [0.05, 0.1) is 18.6 Å². The molecular formula is C14H18F3NO2. The summed E-state index contributed by atoms with van der Waals surface area (Å²) in [5.74, 6) is 0. The van der Waals surface area contributed by atoms with E-state index < -0.39 is 18.1 Å². The lowest BCUT2D eigenvalue weighted by Gasteiger charge is -2.32. The number of rotatable bonds is 7. The minimum atomic E-state index is -4.37. The molecule has 1 atom stereocenters. The van der Waals surface area contributed by atoms with Gasteiger partial charge in [-0.3, -0.25) is 4.90 Å². The average Bonchev–Trinajstić information content (AvgIpc) is 2.38. The molecule has 1 aromatic rings. The van der Waals surface area contributed by atoms with Crippen LogP contribution in [0.15, 0.2) is 30.3 Å². The third-order valence-electron chi connectivity index (χ3n) is 3.06. The van der Waals surface area contributed by atoms with Crippen LogP contribution in [-0.4, -0.2) is 48.7 Å². The minimum Gasteiger partial charge on any atom is -0.395 e. The number of carbonyl (C=O) groups is 1. The van der Waals surface area contributed by atoms with Crippen LogP contribution in [-0.2, 0) is 10.2 Å². The van der Waals surface area contributed by atoms with Gasteiger partial charge in [0.1, 0.15) is 6.29 Å².